The lowest BCUT2D eigenvalue weighted by Gasteiger charge is -2.23. The van der Waals surface area contributed by atoms with Gasteiger partial charge in [0, 0.05) is 0 Å². The number of aliphatic hydroxyl groups is 9. The maximum absolute atomic E-state index is 10.0. The van der Waals surface area contributed by atoms with Gasteiger partial charge >= 0.3 is 0 Å². The first-order valence-corrected chi connectivity index (χ1v) is 6.73. The Morgan fingerprint density at radius 2 is 1.04 bits per heavy atom. The Labute approximate surface area is 137 Å². The van der Waals surface area contributed by atoms with Gasteiger partial charge in [-0.05, 0) is 0 Å². The van der Waals surface area contributed by atoms with Gasteiger partial charge in [-0.3, -0.25) is 0 Å². The SMILES string of the molecule is N[C@@H](C=O)[C@@H](O)[C@@H](O)[C@H](O)CO.O=C[C@H](O)[C@@H](O)[C@H](O)[C@H](O)CO. The van der Waals surface area contributed by atoms with Crippen LogP contribution in [0, 0.1) is 0 Å². The zero-order valence-electron chi connectivity index (χ0n) is 12.6. The van der Waals surface area contributed by atoms with Crippen LogP contribution in [0.3, 0.4) is 0 Å². The molecule has 24 heavy (non-hydrogen) atoms. The Bertz CT molecular complexity index is 313. The molecule has 0 aliphatic rings. The van der Waals surface area contributed by atoms with Crippen molar-refractivity contribution in [2.24, 2.45) is 5.73 Å². The molecule has 0 aromatic heterocycles. The maximum atomic E-state index is 10.0. The lowest BCUT2D eigenvalue weighted by Crippen LogP contribution is -2.49. The van der Waals surface area contributed by atoms with Crippen molar-refractivity contribution in [3.05, 3.63) is 0 Å². The van der Waals surface area contributed by atoms with Crippen molar-refractivity contribution in [3.8, 4) is 0 Å². The third kappa shape index (κ3) is 8.70. The summed E-state index contributed by atoms with van der Waals surface area (Å²) in [5.74, 6) is 0. The minimum atomic E-state index is -1.79. The molecule has 0 rings (SSSR count). The zero-order valence-corrected chi connectivity index (χ0v) is 12.6. The van der Waals surface area contributed by atoms with E-state index in [0.29, 0.717) is 0 Å². The Kier molecular flexibility index (Phi) is 13.9. The second-order valence-electron chi connectivity index (χ2n) is 4.80. The molecule has 144 valence electrons. The quantitative estimate of drug-likeness (QED) is 0.164. The van der Waals surface area contributed by atoms with Crippen LogP contribution in [-0.2, 0) is 9.59 Å². The minimum absolute atomic E-state index is 0.0258. The van der Waals surface area contributed by atoms with Crippen molar-refractivity contribution in [1.82, 2.24) is 0 Å². The van der Waals surface area contributed by atoms with E-state index in [4.69, 9.17) is 51.7 Å². The third-order valence-corrected chi connectivity index (χ3v) is 2.90. The predicted octanol–water partition coefficient (Wildman–Crippen LogP) is -6.79. The monoisotopic (exact) mass is 359 g/mol. The first kappa shape index (κ1) is 25.2. The van der Waals surface area contributed by atoms with Crippen molar-refractivity contribution >= 4 is 12.6 Å². The Morgan fingerprint density at radius 3 is 1.33 bits per heavy atom. The molecule has 12 heteroatoms. The lowest BCUT2D eigenvalue weighted by molar-refractivity contribution is -0.136. The van der Waals surface area contributed by atoms with Crippen LogP contribution in [-0.4, -0.2) is 121 Å². The van der Waals surface area contributed by atoms with Crippen LogP contribution in [0.15, 0.2) is 0 Å². The summed E-state index contributed by atoms with van der Waals surface area (Å²) in [6.07, 6.45) is -11.3. The van der Waals surface area contributed by atoms with Crippen molar-refractivity contribution in [2.45, 2.75) is 48.8 Å². The van der Waals surface area contributed by atoms with Crippen LogP contribution < -0.4 is 5.73 Å². The smallest absolute Gasteiger partial charge is 0.151 e. The fraction of sp³-hybridized carbons (Fsp3) is 0.833. The average molecular weight is 359 g/mol. The van der Waals surface area contributed by atoms with E-state index < -0.39 is 62.0 Å². The number of aldehydes is 2. The van der Waals surface area contributed by atoms with Gasteiger partial charge in [0.05, 0.1) is 19.3 Å². The van der Waals surface area contributed by atoms with E-state index in [-0.39, 0.29) is 12.6 Å². The van der Waals surface area contributed by atoms with Gasteiger partial charge in [-0.25, -0.2) is 0 Å². The number of carbonyl (C=O) groups excluding carboxylic acids is 2. The van der Waals surface area contributed by atoms with Gasteiger partial charge in [-0.15, -0.1) is 0 Å². The highest BCUT2D eigenvalue weighted by Crippen LogP contribution is 2.03. The van der Waals surface area contributed by atoms with Crippen molar-refractivity contribution < 1.29 is 55.5 Å². The van der Waals surface area contributed by atoms with E-state index in [2.05, 4.69) is 0 Å². The highest BCUT2D eigenvalue weighted by Gasteiger charge is 2.29. The van der Waals surface area contributed by atoms with Gasteiger partial charge < -0.3 is 61.3 Å². The molecule has 0 saturated heterocycles. The molecule has 0 unspecified atom stereocenters. The molecular weight excluding hydrogens is 334 g/mol. The van der Waals surface area contributed by atoms with Gasteiger partial charge in [-0.2, -0.15) is 0 Å². The number of carbonyl (C=O) groups is 2. The summed E-state index contributed by atoms with van der Waals surface area (Å²) in [5.41, 5.74) is 5.04. The molecule has 0 aliphatic heterocycles. The van der Waals surface area contributed by atoms with Crippen LogP contribution in [0.2, 0.25) is 0 Å². The van der Waals surface area contributed by atoms with E-state index in [0.717, 1.165) is 0 Å². The van der Waals surface area contributed by atoms with Gasteiger partial charge in [0.1, 0.15) is 49.0 Å². The van der Waals surface area contributed by atoms with E-state index in [1.807, 2.05) is 0 Å². The topological polar surface area (TPSA) is 242 Å². The number of hydrogen-bond acceptors (Lipinski definition) is 12. The summed E-state index contributed by atoms with van der Waals surface area (Å²) in [5, 5.41) is 78.7. The molecule has 12 nitrogen and oxygen atoms in total. The van der Waals surface area contributed by atoms with Crippen molar-refractivity contribution in [3.63, 3.8) is 0 Å². The Morgan fingerprint density at radius 1 is 0.667 bits per heavy atom. The van der Waals surface area contributed by atoms with Crippen LogP contribution in [0.4, 0.5) is 0 Å². The molecule has 0 amide bonds. The standard InChI is InChI=1S/C6H13NO5.C6H12O6/c7-3(1-8)5(11)6(12)4(10)2-9;7-1-3(9)5(11)6(12)4(10)2-8/h1,3-6,9-12H,2,7H2;1,3-6,8-12H,2H2/t3-,4+,5+,6-;3-,4+,5+,6+/m00/s1. The molecule has 8 atom stereocenters. The highest BCUT2D eigenvalue weighted by molar-refractivity contribution is 5.58. The summed E-state index contributed by atoms with van der Waals surface area (Å²) in [7, 11) is 0. The summed E-state index contributed by atoms with van der Waals surface area (Å²) >= 11 is 0. The summed E-state index contributed by atoms with van der Waals surface area (Å²) in [6.45, 7) is -1.46. The van der Waals surface area contributed by atoms with Crippen LogP contribution in [0.1, 0.15) is 0 Å². The lowest BCUT2D eigenvalue weighted by atomic mass is 10.0. The van der Waals surface area contributed by atoms with Gasteiger partial charge in [-0.1, -0.05) is 0 Å². The molecule has 0 aromatic rings. The molecule has 0 aromatic carbocycles. The Balaban J connectivity index is 0. The maximum Gasteiger partial charge on any atom is 0.151 e. The number of nitrogens with two attached hydrogens (primary N) is 1. The average Bonchev–Trinajstić information content (AvgIpc) is 2.62. The van der Waals surface area contributed by atoms with Gasteiger partial charge in [0.25, 0.3) is 0 Å². The summed E-state index contributed by atoms with van der Waals surface area (Å²) in [4.78, 5) is 19.9. The van der Waals surface area contributed by atoms with Crippen molar-refractivity contribution in [2.75, 3.05) is 13.2 Å². The molecule has 0 aliphatic carbocycles. The zero-order chi connectivity index (χ0) is 19.4. The fourth-order valence-corrected chi connectivity index (χ4v) is 1.26. The normalized spacial score (nSPS) is 21.1. The molecule has 11 N–H and O–H groups in total. The van der Waals surface area contributed by atoms with E-state index in [1.165, 1.54) is 0 Å². The summed E-state index contributed by atoms with van der Waals surface area (Å²) in [6, 6.07) is -1.26. The Hall–Kier alpha value is -1.06. The highest BCUT2D eigenvalue weighted by atomic mass is 16.4. The second kappa shape index (κ2) is 13.3. The predicted molar refractivity (Wildman–Crippen MR) is 76.3 cm³/mol. The van der Waals surface area contributed by atoms with Gasteiger partial charge in [0.15, 0.2) is 6.29 Å². The molecule has 0 fully saturated rings. The van der Waals surface area contributed by atoms with E-state index in [1.54, 1.807) is 0 Å². The van der Waals surface area contributed by atoms with Crippen LogP contribution in [0.25, 0.3) is 0 Å². The summed E-state index contributed by atoms with van der Waals surface area (Å²) < 4.78 is 0. The van der Waals surface area contributed by atoms with Crippen LogP contribution >= 0.6 is 0 Å². The molecule has 0 heterocycles. The molecule has 0 radical (unpaired) electrons. The minimum Gasteiger partial charge on any atom is -0.394 e. The largest absolute Gasteiger partial charge is 0.394 e. The first-order chi connectivity index (χ1) is 11.1. The third-order valence-electron chi connectivity index (χ3n) is 2.90. The first-order valence-electron chi connectivity index (χ1n) is 6.73. The number of aliphatic hydroxyl groups excluding tert-OH is 9. The number of hydrogen-bond donors (Lipinski definition) is 10. The number of rotatable bonds is 10. The fourth-order valence-electron chi connectivity index (χ4n) is 1.26. The van der Waals surface area contributed by atoms with Gasteiger partial charge in [0.2, 0.25) is 0 Å². The molecule has 0 saturated carbocycles. The van der Waals surface area contributed by atoms with Crippen LogP contribution in [0.5, 0.6) is 0 Å². The van der Waals surface area contributed by atoms with Crippen molar-refractivity contribution in [1.29, 1.82) is 0 Å². The second-order valence-corrected chi connectivity index (χ2v) is 4.80. The molecule has 0 spiro atoms. The molecule has 0 bridgehead atoms. The van der Waals surface area contributed by atoms with E-state index >= 15 is 0 Å². The molecular formula is C12H25NO11. The van der Waals surface area contributed by atoms with E-state index in [9.17, 15) is 9.59 Å².